The van der Waals surface area contributed by atoms with E-state index in [4.69, 9.17) is 12.2 Å². The van der Waals surface area contributed by atoms with Crippen LogP contribution in [0.25, 0.3) is 6.08 Å². The van der Waals surface area contributed by atoms with Gasteiger partial charge in [-0.3, -0.25) is 29.9 Å². The van der Waals surface area contributed by atoms with Gasteiger partial charge in [0.25, 0.3) is 17.5 Å². The highest BCUT2D eigenvalue weighted by Gasteiger charge is 2.35. The van der Waals surface area contributed by atoms with Crippen LogP contribution in [0.15, 0.2) is 48.0 Å². The summed E-state index contributed by atoms with van der Waals surface area (Å²) < 4.78 is 13.3. The lowest BCUT2D eigenvalue weighted by molar-refractivity contribution is -0.655. The maximum atomic E-state index is 13.3. The maximum Gasteiger partial charge on any atom is 0.270 e. The minimum absolute atomic E-state index is 0. The molecule has 0 aliphatic carbocycles. The third-order valence-electron chi connectivity index (χ3n) is 5.26. The van der Waals surface area contributed by atoms with Crippen molar-refractivity contribution < 1.29 is 36.6 Å². The number of nitro groups is 1. The summed E-state index contributed by atoms with van der Waals surface area (Å²) in [5, 5.41) is 15.8. The number of carbonyl (C=O) groups is 2. The second kappa shape index (κ2) is 10.0. The Morgan fingerprint density at radius 3 is 2.42 bits per heavy atom. The number of nitrogens with one attached hydrogen (secondary N) is 1. The van der Waals surface area contributed by atoms with Gasteiger partial charge in [0.1, 0.15) is 11.4 Å². The number of rotatable bonds is 4. The molecule has 0 atom stereocenters. The first-order valence-corrected chi connectivity index (χ1v) is 10.3. The zero-order valence-corrected chi connectivity index (χ0v) is 18.7. The molecule has 2 saturated heterocycles. The number of anilines is 2. The predicted octanol–water partition coefficient (Wildman–Crippen LogP) is -2.05. The summed E-state index contributed by atoms with van der Waals surface area (Å²) in [6, 6.07) is 9.47. The molecule has 0 spiro atoms. The fourth-order valence-electron chi connectivity index (χ4n) is 3.69. The maximum absolute atomic E-state index is 13.3. The monoisotopic (exact) mass is 491 g/mol. The highest BCUT2D eigenvalue weighted by Crippen LogP contribution is 2.29. The first kappa shape index (κ1) is 24.2. The van der Waals surface area contributed by atoms with Crippen LogP contribution in [0, 0.1) is 15.9 Å². The Kier molecular flexibility index (Phi) is 7.36. The summed E-state index contributed by atoms with van der Waals surface area (Å²) in [5.41, 5.74) is 0.981. The van der Waals surface area contributed by atoms with Gasteiger partial charge in [-0.25, -0.2) is 4.39 Å². The van der Waals surface area contributed by atoms with Crippen LogP contribution in [0.3, 0.4) is 0 Å². The molecule has 2 amide bonds. The predicted molar refractivity (Wildman–Crippen MR) is 120 cm³/mol. The van der Waals surface area contributed by atoms with Gasteiger partial charge in [0, 0.05) is 23.4 Å². The van der Waals surface area contributed by atoms with Gasteiger partial charge in [-0.1, -0.05) is 0 Å². The van der Waals surface area contributed by atoms with E-state index in [0.717, 1.165) is 31.1 Å². The average molecular weight is 492 g/mol. The van der Waals surface area contributed by atoms with Crippen molar-refractivity contribution in [3.63, 3.8) is 0 Å². The van der Waals surface area contributed by atoms with Gasteiger partial charge in [-0.2, -0.15) is 0 Å². The number of piperazine rings is 1. The van der Waals surface area contributed by atoms with Gasteiger partial charge in [0.2, 0.25) is 0 Å². The molecule has 2 heterocycles. The van der Waals surface area contributed by atoms with Gasteiger partial charge in [0.15, 0.2) is 5.11 Å². The van der Waals surface area contributed by atoms with Crippen LogP contribution in [-0.4, -0.2) is 48.0 Å². The molecular formula is C21H19ClFN5O4S. The van der Waals surface area contributed by atoms with Crippen LogP contribution in [0.2, 0.25) is 0 Å². The number of hydrogen-bond donors (Lipinski definition) is 2. The SMILES string of the molecule is O=C1NC(=S)N(c2ccc(F)cc2)C(=O)/C1=C\c1cc([N+](=O)[O-])ccc1N1CC[NH2+]CC1.[Cl-]. The summed E-state index contributed by atoms with van der Waals surface area (Å²) in [5.74, 6) is -1.89. The van der Waals surface area contributed by atoms with Gasteiger partial charge in [-0.15, -0.1) is 0 Å². The number of nitrogens with zero attached hydrogens (tertiary/aromatic N) is 3. The van der Waals surface area contributed by atoms with Crippen LogP contribution in [0.5, 0.6) is 0 Å². The number of hydrogen-bond acceptors (Lipinski definition) is 6. The number of quaternary nitrogens is 1. The van der Waals surface area contributed by atoms with E-state index in [9.17, 15) is 24.1 Å². The zero-order chi connectivity index (χ0) is 22.8. The number of nitrogens with two attached hydrogens (primary N) is 1. The Morgan fingerprint density at radius 2 is 1.79 bits per heavy atom. The average Bonchev–Trinajstić information content (AvgIpc) is 2.78. The largest absolute Gasteiger partial charge is 1.00 e. The second-order valence-electron chi connectivity index (χ2n) is 7.29. The second-order valence-corrected chi connectivity index (χ2v) is 7.67. The van der Waals surface area contributed by atoms with E-state index in [2.05, 4.69) is 15.5 Å². The number of non-ortho nitro benzene ring substituents is 1. The van der Waals surface area contributed by atoms with Crippen molar-refractivity contribution in [1.29, 1.82) is 0 Å². The zero-order valence-electron chi connectivity index (χ0n) is 17.2. The van der Waals surface area contributed by atoms with Crippen molar-refractivity contribution in [3.8, 4) is 0 Å². The molecule has 4 rings (SSSR count). The molecule has 3 N–H and O–H groups in total. The topological polar surface area (TPSA) is 112 Å². The van der Waals surface area contributed by atoms with Gasteiger partial charge in [0.05, 0.1) is 36.8 Å². The fraction of sp³-hybridized carbons (Fsp3) is 0.190. The lowest BCUT2D eigenvalue weighted by Crippen LogP contribution is -3.00. The van der Waals surface area contributed by atoms with Crippen LogP contribution in [-0.2, 0) is 9.59 Å². The van der Waals surface area contributed by atoms with E-state index in [1.807, 2.05) is 0 Å². The highest BCUT2D eigenvalue weighted by atomic mass is 35.5. The molecule has 0 saturated carbocycles. The lowest BCUT2D eigenvalue weighted by atomic mass is 10.0. The van der Waals surface area contributed by atoms with Crippen molar-refractivity contribution in [2.45, 2.75) is 0 Å². The Morgan fingerprint density at radius 1 is 1.12 bits per heavy atom. The summed E-state index contributed by atoms with van der Waals surface area (Å²) in [6.07, 6.45) is 1.34. The molecule has 172 valence electrons. The summed E-state index contributed by atoms with van der Waals surface area (Å²) in [4.78, 5) is 39.8. The van der Waals surface area contributed by atoms with E-state index in [0.29, 0.717) is 11.3 Å². The minimum atomic E-state index is -0.706. The first-order chi connectivity index (χ1) is 15.3. The Hall–Kier alpha value is -3.41. The summed E-state index contributed by atoms with van der Waals surface area (Å²) in [7, 11) is 0. The van der Waals surface area contributed by atoms with Crippen LogP contribution in [0.4, 0.5) is 21.5 Å². The van der Waals surface area contributed by atoms with Crippen LogP contribution >= 0.6 is 12.2 Å². The molecule has 12 heteroatoms. The number of nitro benzene ring substituents is 1. The highest BCUT2D eigenvalue weighted by molar-refractivity contribution is 7.80. The molecule has 0 aromatic heterocycles. The molecule has 2 aromatic rings. The number of halogens is 2. The van der Waals surface area contributed by atoms with Crippen molar-refractivity contribution >= 4 is 52.3 Å². The van der Waals surface area contributed by atoms with E-state index < -0.39 is 22.6 Å². The third-order valence-corrected chi connectivity index (χ3v) is 5.54. The number of carbonyl (C=O) groups excluding carboxylic acids is 2. The molecular weight excluding hydrogens is 473 g/mol. The van der Waals surface area contributed by atoms with E-state index >= 15 is 0 Å². The van der Waals surface area contributed by atoms with Gasteiger partial charge >= 0.3 is 0 Å². The minimum Gasteiger partial charge on any atom is -1.00 e. The van der Waals surface area contributed by atoms with E-state index in [1.54, 1.807) is 6.07 Å². The van der Waals surface area contributed by atoms with E-state index in [1.165, 1.54) is 42.5 Å². The molecule has 0 unspecified atom stereocenters. The van der Waals surface area contributed by atoms with Crippen molar-refractivity contribution in [3.05, 3.63) is 69.5 Å². The van der Waals surface area contributed by atoms with Gasteiger partial charge < -0.3 is 22.6 Å². The lowest BCUT2D eigenvalue weighted by Gasteiger charge is -2.30. The quantitative estimate of drug-likeness (QED) is 0.167. The molecule has 0 bridgehead atoms. The molecule has 2 aliphatic heterocycles. The smallest absolute Gasteiger partial charge is 0.270 e. The van der Waals surface area contributed by atoms with Gasteiger partial charge in [-0.05, 0) is 48.6 Å². The molecule has 9 nitrogen and oxygen atoms in total. The summed E-state index contributed by atoms with van der Waals surface area (Å²) in [6.45, 7) is 3.16. The Balaban J connectivity index is 0.00000306. The Bertz CT molecular complexity index is 1150. The van der Waals surface area contributed by atoms with E-state index in [-0.39, 0.29) is 34.5 Å². The first-order valence-electron chi connectivity index (χ1n) is 9.87. The Labute approximate surface area is 199 Å². The molecule has 2 aliphatic rings. The van der Waals surface area contributed by atoms with Crippen molar-refractivity contribution in [2.24, 2.45) is 0 Å². The van der Waals surface area contributed by atoms with Crippen molar-refractivity contribution in [1.82, 2.24) is 5.32 Å². The number of benzene rings is 2. The standard InChI is InChI=1S/C21H18FN5O4S.ClH/c22-14-1-3-15(4-2-14)26-20(29)17(19(28)24-21(26)32)12-13-11-16(27(30)31)5-6-18(13)25-9-7-23-8-10-25;/h1-6,11-12,23H,7-10H2,(H,24,28,32);1H/b17-12-;. The third kappa shape index (κ3) is 5.00. The normalized spacial score (nSPS) is 17.6. The molecule has 2 aromatic carbocycles. The molecule has 0 radical (unpaired) electrons. The summed E-state index contributed by atoms with van der Waals surface area (Å²) >= 11 is 5.15. The molecule has 33 heavy (non-hydrogen) atoms. The van der Waals surface area contributed by atoms with Crippen molar-refractivity contribution in [2.75, 3.05) is 36.0 Å². The number of thiocarbonyl (C=S) groups is 1. The number of amides is 2. The van der Waals surface area contributed by atoms with Crippen LogP contribution < -0.4 is 32.8 Å². The fourth-order valence-corrected chi connectivity index (χ4v) is 3.97. The molecule has 2 fully saturated rings. The van der Waals surface area contributed by atoms with Crippen LogP contribution in [0.1, 0.15) is 5.56 Å².